The number of hydrogen-bond donors (Lipinski definition) is 1. The molecule has 1 aromatic heterocycles. The molecule has 0 saturated carbocycles. The van der Waals surface area contributed by atoms with Crippen molar-refractivity contribution in [2.45, 2.75) is 4.90 Å². The normalized spacial score (nSPS) is 9.93. The maximum Gasteiger partial charge on any atom is 0.138 e. The van der Waals surface area contributed by atoms with Crippen LogP contribution in [-0.2, 0) is 0 Å². The summed E-state index contributed by atoms with van der Waals surface area (Å²) in [5, 5.41) is 12.7. The Balaban J connectivity index is 2.77. The average Bonchev–Trinajstić information content (AvgIpc) is 2.23. The molecule has 0 bridgehead atoms. The highest BCUT2D eigenvalue weighted by atomic mass is 32.2. The largest absolute Gasteiger partial charge is 0.398 e. The van der Waals surface area contributed by atoms with Gasteiger partial charge in [-0.15, -0.1) is 0 Å². The summed E-state index contributed by atoms with van der Waals surface area (Å²) >= 11 is 1.08. The number of nitrogen functional groups attached to an aromatic ring is 1. The summed E-state index contributed by atoms with van der Waals surface area (Å²) in [5.74, 6) is 0. The molecule has 2 N–H and O–H groups in total. The third-order valence-corrected chi connectivity index (χ3v) is 2.70. The van der Waals surface area contributed by atoms with Crippen LogP contribution in [0.2, 0.25) is 0 Å². The zero-order chi connectivity index (χ0) is 9.97. The molecule has 0 aliphatic heterocycles. The van der Waals surface area contributed by atoms with E-state index >= 15 is 0 Å². The van der Waals surface area contributed by atoms with Gasteiger partial charge < -0.3 is 5.73 Å². The molecule has 0 fully saturated rings. The number of rotatable bonds is 1. The van der Waals surface area contributed by atoms with Crippen LogP contribution in [0.1, 0.15) is 0 Å². The van der Waals surface area contributed by atoms with Crippen molar-refractivity contribution >= 4 is 28.2 Å². The van der Waals surface area contributed by atoms with Crippen molar-refractivity contribution in [1.82, 2.24) is 4.98 Å². The molecule has 4 heteroatoms. The highest BCUT2D eigenvalue weighted by Crippen LogP contribution is 2.31. The molecule has 2 rings (SSSR count). The molecule has 0 aliphatic rings. The van der Waals surface area contributed by atoms with Crippen LogP contribution >= 0.6 is 11.8 Å². The number of anilines is 1. The summed E-state index contributed by atoms with van der Waals surface area (Å²) in [6, 6.07) is 5.56. The monoisotopic (exact) mass is 201 g/mol. The summed E-state index contributed by atoms with van der Waals surface area (Å²) in [4.78, 5) is 4.82. The lowest BCUT2D eigenvalue weighted by Crippen LogP contribution is -1.89. The minimum atomic E-state index is 0.634. The lowest BCUT2D eigenvalue weighted by Gasteiger charge is -2.04. The highest BCUT2D eigenvalue weighted by Gasteiger charge is 2.05. The maximum absolute atomic E-state index is 8.65. The predicted molar refractivity (Wildman–Crippen MR) is 57.6 cm³/mol. The fourth-order valence-corrected chi connectivity index (χ4v) is 1.89. The van der Waals surface area contributed by atoms with Gasteiger partial charge in [-0.1, -0.05) is 6.07 Å². The third kappa shape index (κ3) is 1.38. The predicted octanol–water partition coefficient (Wildman–Crippen LogP) is 2.39. The van der Waals surface area contributed by atoms with Gasteiger partial charge in [0.15, 0.2) is 0 Å². The fourth-order valence-electron chi connectivity index (χ4n) is 1.32. The van der Waals surface area contributed by atoms with Crippen LogP contribution in [0.25, 0.3) is 10.8 Å². The molecule has 14 heavy (non-hydrogen) atoms. The molecule has 0 amide bonds. The van der Waals surface area contributed by atoms with Gasteiger partial charge in [-0.2, -0.15) is 5.26 Å². The summed E-state index contributed by atoms with van der Waals surface area (Å²) in [5.41, 5.74) is 6.41. The lowest BCUT2D eigenvalue weighted by molar-refractivity contribution is 1.35. The second kappa shape index (κ2) is 3.56. The van der Waals surface area contributed by atoms with E-state index in [4.69, 9.17) is 11.0 Å². The molecular weight excluding hydrogens is 194 g/mol. The number of thioether (sulfide) groups is 1. The van der Waals surface area contributed by atoms with Gasteiger partial charge in [-0.25, -0.2) is 0 Å². The molecule has 0 radical (unpaired) electrons. The first kappa shape index (κ1) is 8.85. The molecular formula is C10H7N3S. The van der Waals surface area contributed by atoms with Gasteiger partial charge in [0.2, 0.25) is 0 Å². The standard InChI is InChI=1S/C10H7N3S/c11-6-14-10-8-3-4-13-5-7(8)1-2-9(10)12/h1-5H,12H2. The van der Waals surface area contributed by atoms with Crippen molar-refractivity contribution in [3.8, 4) is 5.40 Å². The first-order valence-corrected chi connectivity index (χ1v) is 4.82. The second-order valence-electron chi connectivity index (χ2n) is 2.77. The van der Waals surface area contributed by atoms with Crippen LogP contribution in [0.5, 0.6) is 0 Å². The molecule has 0 spiro atoms. The minimum Gasteiger partial charge on any atom is -0.398 e. The summed E-state index contributed by atoms with van der Waals surface area (Å²) in [6.07, 6.45) is 3.46. The Morgan fingerprint density at radius 1 is 1.36 bits per heavy atom. The van der Waals surface area contributed by atoms with Gasteiger partial charge in [0, 0.05) is 28.9 Å². The maximum atomic E-state index is 8.65. The Morgan fingerprint density at radius 2 is 2.21 bits per heavy atom. The van der Waals surface area contributed by atoms with Gasteiger partial charge >= 0.3 is 0 Å². The molecule has 1 heterocycles. The van der Waals surface area contributed by atoms with E-state index in [1.165, 1.54) is 0 Å². The summed E-state index contributed by atoms with van der Waals surface area (Å²) in [7, 11) is 0. The molecule has 0 unspecified atom stereocenters. The molecule has 1 aromatic carbocycles. The van der Waals surface area contributed by atoms with Gasteiger partial charge in [0.05, 0.1) is 4.90 Å². The van der Waals surface area contributed by atoms with Crippen LogP contribution in [0.15, 0.2) is 35.5 Å². The van der Waals surface area contributed by atoms with Crippen molar-refractivity contribution in [3.63, 3.8) is 0 Å². The number of nitrogens with zero attached hydrogens (tertiary/aromatic N) is 2. The number of pyridine rings is 1. The second-order valence-corrected chi connectivity index (χ2v) is 3.57. The zero-order valence-corrected chi connectivity index (χ0v) is 8.08. The van der Waals surface area contributed by atoms with E-state index in [0.717, 1.165) is 27.4 Å². The van der Waals surface area contributed by atoms with E-state index in [0.29, 0.717) is 5.69 Å². The number of nitriles is 1. The Morgan fingerprint density at radius 3 is 3.00 bits per heavy atom. The van der Waals surface area contributed by atoms with Crippen molar-refractivity contribution in [3.05, 3.63) is 30.6 Å². The van der Waals surface area contributed by atoms with Crippen LogP contribution in [0.4, 0.5) is 5.69 Å². The van der Waals surface area contributed by atoms with E-state index in [9.17, 15) is 0 Å². The Kier molecular flexibility index (Phi) is 2.25. The lowest BCUT2D eigenvalue weighted by atomic mass is 10.1. The fraction of sp³-hybridized carbons (Fsp3) is 0. The number of fused-ring (bicyclic) bond motifs is 1. The number of benzene rings is 1. The Labute approximate surface area is 85.6 Å². The first-order valence-electron chi connectivity index (χ1n) is 4.01. The highest BCUT2D eigenvalue weighted by molar-refractivity contribution is 8.04. The van der Waals surface area contributed by atoms with E-state index in [1.807, 2.05) is 17.5 Å². The van der Waals surface area contributed by atoms with E-state index in [-0.39, 0.29) is 0 Å². The van der Waals surface area contributed by atoms with Crippen LogP contribution in [0, 0.1) is 10.7 Å². The van der Waals surface area contributed by atoms with E-state index in [1.54, 1.807) is 18.5 Å². The number of thiocyanates is 1. The van der Waals surface area contributed by atoms with Gasteiger partial charge in [-0.05, 0) is 23.9 Å². The number of nitrogens with two attached hydrogens (primary N) is 1. The van der Waals surface area contributed by atoms with Gasteiger partial charge in [0.1, 0.15) is 5.40 Å². The number of aromatic nitrogens is 1. The Bertz CT molecular complexity index is 516. The Hall–Kier alpha value is -1.73. The van der Waals surface area contributed by atoms with Crippen LogP contribution < -0.4 is 5.73 Å². The molecule has 3 nitrogen and oxygen atoms in total. The van der Waals surface area contributed by atoms with E-state index in [2.05, 4.69) is 4.98 Å². The van der Waals surface area contributed by atoms with Gasteiger partial charge in [-0.3, -0.25) is 4.98 Å². The van der Waals surface area contributed by atoms with Crippen molar-refractivity contribution in [1.29, 1.82) is 5.26 Å². The SMILES string of the molecule is N#CSc1c(N)ccc2cnccc12. The molecule has 2 aromatic rings. The molecule has 68 valence electrons. The van der Waals surface area contributed by atoms with Crippen LogP contribution in [0.3, 0.4) is 0 Å². The number of hydrogen-bond acceptors (Lipinski definition) is 4. The smallest absolute Gasteiger partial charge is 0.138 e. The third-order valence-electron chi connectivity index (χ3n) is 1.95. The van der Waals surface area contributed by atoms with E-state index < -0.39 is 0 Å². The minimum absolute atomic E-state index is 0.634. The summed E-state index contributed by atoms with van der Waals surface area (Å²) < 4.78 is 0. The quantitative estimate of drug-likeness (QED) is 0.437. The average molecular weight is 201 g/mol. The molecule has 0 aliphatic carbocycles. The topological polar surface area (TPSA) is 62.7 Å². The zero-order valence-electron chi connectivity index (χ0n) is 7.27. The van der Waals surface area contributed by atoms with Crippen molar-refractivity contribution in [2.75, 3.05) is 5.73 Å². The van der Waals surface area contributed by atoms with Crippen molar-refractivity contribution in [2.24, 2.45) is 0 Å². The molecule has 0 atom stereocenters. The summed E-state index contributed by atoms with van der Waals surface area (Å²) in [6.45, 7) is 0. The van der Waals surface area contributed by atoms with Crippen molar-refractivity contribution < 1.29 is 0 Å². The van der Waals surface area contributed by atoms with Gasteiger partial charge in [0.25, 0.3) is 0 Å². The van der Waals surface area contributed by atoms with Crippen LogP contribution in [-0.4, -0.2) is 4.98 Å². The first-order chi connectivity index (χ1) is 6.83. The molecule has 0 saturated heterocycles.